The number of halogens is 3. The fraction of sp³-hybridized carbons (Fsp3) is 0.767. The maximum Gasteiger partial charge on any atom is 0.225 e. The van der Waals surface area contributed by atoms with Crippen LogP contribution in [0.5, 0.6) is 17.6 Å². The first-order chi connectivity index (χ1) is 64.3. The lowest BCUT2D eigenvalue weighted by molar-refractivity contribution is -0.201. The maximum atomic E-state index is 9.78. The Bertz CT molecular complexity index is 4750. The van der Waals surface area contributed by atoms with E-state index in [-0.39, 0.29) is 58.5 Å². The summed E-state index contributed by atoms with van der Waals surface area (Å²) in [7, 11) is 0. The number of nitrogens with two attached hydrogens (primary N) is 1. The van der Waals surface area contributed by atoms with Crippen LogP contribution in [-0.4, -0.2) is 272 Å². The number of aliphatic hydroxyl groups excluding tert-OH is 3. The number of ether oxygens (including phenoxy) is 8. The van der Waals surface area contributed by atoms with Gasteiger partial charge in [0.15, 0.2) is 0 Å². The summed E-state index contributed by atoms with van der Waals surface area (Å²) in [5.41, 5.74) is 13.5. The molecule has 5 saturated carbocycles. The molecule has 26 rings (SSSR count). The molecule has 24 nitrogen and oxygen atoms in total. The van der Waals surface area contributed by atoms with Gasteiger partial charge in [0.2, 0.25) is 17.6 Å². The highest BCUT2D eigenvalue weighted by atomic mass is 35.5. The summed E-state index contributed by atoms with van der Waals surface area (Å²) in [5, 5.41) is 33.4. The second-order valence-corrected chi connectivity index (χ2v) is 47.3. The number of likely N-dealkylation sites (tertiary alicyclic amines) is 4. The molecule has 0 bridgehead atoms. The van der Waals surface area contributed by atoms with Gasteiger partial charge < -0.3 is 58.9 Å². The molecular formula is C103H154Cl3N13O11S4. The van der Waals surface area contributed by atoms with Crippen LogP contribution >= 0.6 is 80.1 Å². The molecule has 9 saturated heterocycles. The minimum atomic E-state index is -0.0604. The number of fused-ring (bicyclic) bond motifs is 12. The van der Waals surface area contributed by atoms with Crippen molar-refractivity contribution in [1.82, 2.24) is 59.5 Å². The molecule has 4 spiro atoms. The summed E-state index contributed by atoms with van der Waals surface area (Å²) in [5.74, 6) is 5.86. The van der Waals surface area contributed by atoms with Crippen molar-refractivity contribution in [3.63, 3.8) is 0 Å². The molecule has 0 radical (unpaired) electrons. The predicted octanol–water partition coefficient (Wildman–Crippen LogP) is 20.1. The van der Waals surface area contributed by atoms with E-state index in [0.717, 1.165) is 222 Å². The van der Waals surface area contributed by atoms with Crippen LogP contribution in [0.15, 0.2) is 25.3 Å². The van der Waals surface area contributed by atoms with Gasteiger partial charge in [-0.3, -0.25) is 19.6 Å². The van der Waals surface area contributed by atoms with Gasteiger partial charge >= 0.3 is 0 Å². The third kappa shape index (κ3) is 21.7. The van der Waals surface area contributed by atoms with Crippen molar-refractivity contribution in [3.8, 4) is 17.6 Å². The van der Waals surface area contributed by atoms with Crippen LogP contribution in [0.25, 0.3) is 40.9 Å². The van der Waals surface area contributed by atoms with E-state index in [2.05, 4.69) is 80.2 Å². The van der Waals surface area contributed by atoms with Crippen LogP contribution in [0.3, 0.4) is 0 Å². The molecule has 4 atom stereocenters. The number of hydrogen-bond acceptors (Lipinski definition) is 28. The first kappa shape index (κ1) is 101. The molecule has 134 heavy (non-hydrogen) atoms. The summed E-state index contributed by atoms with van der Waals surface area (Å²) in [6.45, 7) is 28.5. The summed E-state index contributed by atoms with van der Waals surface area (Å²) in [6, 6.07) is 3.31. The SMILES string of the molecule is C.C.C.CC[C@H]1CCc2sc3ncnc(Cl)c3c21.CC[C@H]1CCc2sc3ncnc(OC4CCC(N5CC6(COC6)C5)CC4)c3c21.CC[C@H]1CCc2sc3ncnc(OC4CCC(N5CC6(COC6)C5)CC4)c3c21.ClCC1(CCl)COC1.NC1CCC(O)CC1.OC1CCC(N2CC3(COC3)C2)CC1.OC[C@H]1CCc2sc3ncnc(OC4CCC(N5CC6(COC6)C5)CC4)c3c21.[2H]CC. The van der Waals surface area contributed by atoms with Crippen molar-refractivity contribution in [2.45, 2.75) is 340 Å². The van der Waals surface area contributed by atoms with Gasteiger partial charge in [-0.05, 0) is 239 Å². The number of hydrogen-bond donors (Lipinski definition) is 4. The molecule has 742 valence electrons. The summed E-state index contributed by atoms with van der Waals surface area (Å²) in [4.78, 5) is 56.4. The van der Waals surface area contributed by atoms with Crippen molar-refractivity contribution >= 4 is 121 Å². The lowest BCUT2D eigenvalue weighted by Crippen LogP contribution is -2.68. The van der Waals surface area contributed by atoms with Crippen LogP contribution < -0.4 is 19.9 Å². The fourth-order valence-electron chi connectivity index (χ4n) is 24.6. The van der Waals surface area contributed by atoms with Gasteiger partial charge in [-0.2, -0.15) is 0 Å². The Kier molecular flexibility index (Phi) is 34.2. The van der Waals surface area contributed by atoms with Gasteiger partial charge in [-0.1, -0.05) is 68.5 Å². The second kappa shape index (κ2) is 45.2. The van der Waals surface area contributed by atoms with Gasteiger partial charge in [-0.25, -0.2) is 39.9 Å². The van der Waals surface area contributed by atoms with Crippen LogP contribution in [0, 0.1) is 27.1 Å². The number of rotatable bonds is 16. The van der Waals surface area contributed by atoms with Gasteiger partial charge in [0.1, 0.15) is 68.1 Å². The Labute approximate surface area is 828 Å². The Balaban J connectivity index is 0.000000118. The zero-order valence-electron chi connectivity index (χ0n) is 78.7. The third-order valence-corrected chi connectivity index (χ3v) is 38.8. The van der Waals surface area contributed by atoms with Gasteiger partial charge in [0, 0.05) is 148 Å². The minimum absolute atomic E-state index is 0. The van der Waals surface area contributed by atoms with Gasteiger partial charge in [0.25, 0.3) is 0 Å². The normalized spacial score (nSPS) is 30.3. The van der Waals surface area contributed by atoms with Crippen molar-refractivity contribution in [1.29, 1.82) is 0 Å². The summed E-state index contributed by atoms with van der Waals surface area (Å²) < 4.78 is 52.1. The smallest absolute Gasteiger partial charge is 0.225 e. The van der Waals surface area contributed by atoms with Crippen LogP contribution in [-0.2, 0) is 49.4 Å². The third-order valence-electron chi connectivity index (χ3n) is 32.7. The molecule has 0 unspecified atom stereocenters. The largest absolute Gasteiger partial charge is 0.474 e. The first-order valence-corrected chi connectivity index (χ1v) is 54.8. The average Bonchev–Trinajstić information content (AvgIpc) is 1.59. The van der Waals surface area contributed by atoms with E-state index < -0.39 is 0 Å². The minimum Gasteiger partial charge on any atom is -0.474 e. The molecular weight excluding hydrogens is 1830 g/mol. The molecule has 18 aliphatic rings. The number of nitrogens with zero attached hydrogens (tertiary/aromatic N) is 12. The molecule has 5 N–H and O–H groups in total. The quantitative estimate of drug-likeness (QED) is 0.0517. The van der Waals surface area contributed by atoms with E-state index in [4.69, 9.17) is 84.9 Å². The van der Waals surface area contributed by atoms with Crippen molar-refractivity contribution in [2.75, 3.05) is 137 Å². The monoisotopic (exact) mass is 1980 g/mol. The van der Waals surface area contributed by atoms with Crippen molar-refractivity contribution in [3.05, 3.63) is 72.2 Å². The highest BCUT2D eigenvalue weighted by Gasteiger charge is 2.55. The van der Waals surface area contributed by atoms with E-state index in [1.165, 1.54) is 214 Å². The molecule has 0 aromatic carbocycles. The molecule has 14 fully saturated rings. The zero-order chi connectivity index (χ0) is 90.9. The highest BCUT2D eigenvalue weighted by molar-refractivity contribution is 7.20. The molecule has 0 amide bonds. The first-order valence-electron chi connectivity index (χ1n) is 50.8. The van der Waals surface area contributed by atoms with E-state index in [1.807, 2.05) is 22.7 Å². The second-order valence-electron chi connectivity index (χ2n) is 42.1. The number of alkyl halides is 2. The van der Waals surface area contributed by atoms with E-state index >= 15 is 0 Å². The standard InChI is InChI=1S/2C22H29N3O2S.C21H27N3O3S.C11H11ClN2S.C11H19NO2.C6H13NO.C5H8Cl2O.C2H6.3CH4/c2*1-2-14-3-8-17-18(14)19-20(23-13-24-21(19)28-17)27-16-6-4-15(5-7-16)25-9-22(10-25)11-26-12-22;25-7-13-1-6-16-17(13)18-19(22-12-23-20(18)28-16)27-15-4-2-14(3-5-15)24-8-21(9-24)10-26-11-21;1-2-6-3-4-7-8(6)9-10(12)13-5-14-11(9)15-7;13-10-3-1-9(2-4-10)12-5-11(6-12)7-14-8-11;7-5-1-3-6(8)4-2-5;6-1-5(2-7)3-8-4-5;1-2;;;/h2*13-16H,2-12H2,1H3;12-15,25H,1-11H2;5-6H,2-4H2,1H3;9-10,13H,1-8H2;5-6,8H,1-4,7H2;1-4H2;1-2H3;3*1H4/t2*14-,15?,16?;13-,14?,15?;6-;;;;;;;/m0010......./s1/i;;;;;;;1D;;;. The van der Waals surface area contributed by atoms with Crippen LogP contribution in [0.1, 0.15) is 297 Å². The topological polar surface area (TPSA) is 277 Å². The molecule has 8 aromatic heterocycles. The predicted molar refractivity (Wildman–Crippen MR) is 543 cm³/mol. The fourth-order valence-corrected chi connectivity index (χ4v) is 30.4. The molecule has 17 heterocycles. The maximum absolute atomic E-state index is 9.78. The Hall–Kier alpha value is -4.09. The van der Waals surface area contributed by atoms with E-state index in [9.17, 15) is 10.2 Å². The Morgan fingerprint density at radius 2 is 0.649 bits per heavy atom. The van der Waals surface area contributed by atoms with Gasteiger partial charge in [-0.15, -0.1) is 68.5 Å². The molecule has 9 aliphatic carbocycles. The van der Waals surface area contributed by atoms with E-state index in [1.54, 1.807) is 54.9 Å². The van der Waals surface area contributed by atoms with Gasteiger partial charge in [0.05, 0.1) is 106 Å². The Morgan fingerprint density at radius 3 is 0.903 bits per heavy atom. The molecule has 31 heteroatoms. The highest BCUT2D eigenvalue weighted by Crippen LogP contribution is 2.54. The zero-order valence-corrected chi connectivity index (χ0v) is 83.2. The number of aromatic nitrogens is 8. The molecule has 9 aliphatic heterocycles. The average molecular weight is 1990 g/mol. The Morgan fingerprint density at radius 1 is 0.388 bits per heavy atom. The van der Waals surface area contributed by atoms with Crippen LogP contribution in [0.4, 0.5) is 0 Å². The number of aliphatic hydroxyl groups is 3. The van der Waals surface area contributed by atoms with Crippen molar-refractivity contribution in [2.24, 2.45) is 32.8 Å². The lowest BCUT2D eigenvalue weighted by atomic mass is 9.75. The van der Waals surface area contributed by atoms with Crippen molar-refractivity contribution < 1.29 is 54.6 Å². The van der Waals surface area contributed by atoms with E-state index in [0.29, 0.717) is 87.5 Å². The lowest BCUT2D eigenvalue weighted by Gasteiger charge is -2.58. The summed E-state index contributed by atoms with van der Waals surface area (Å²) in [6.07, 6.45) is 42.7. The molecule has 8 aromatic rings. The number of thiophene rings is 4. The number of aryl methyl sites for hydroxylation is 4. The van der Waals surface area contributed by atoms with Crippen LogP contribution in [0.2, 0.25) is 5.15 Å². The summed E-state index contributed by atoms with van der Waals surface area (Å²) >= 11 is 24.6.